The van der Waals surface area contributed by atoms with Gasteiger partial charge in [0, 0.05) is 13.2 Å². The quantitative estimate of drug-likeness (QED) is 0.548. The molecule has 0 aromatic rings. The predicted octanol–water partition coefficient (Wildman–Crippen LogP) is 0.326. The lowest BCUT2D eigenvalue weighted by Crippen LogP contribution is -2.03. The molecule has 0 aromatic heterocycles. The average Bonchev–Trinajstić information content (AvgIpc) is 1.72. The van der Waals surface area contributed by atoms with Crippen LogP contribution in [-0.4, -0.2) is 13.3 Å². The van der Waals surface area contributed by atoms with Gasteiger partial charge in [-0.2, -0.15) is 0 Å². The van der Waals surface area contributed by atoms with Gasteiger partial charge in [0.05, 0.1) is 5.03 Å². The summed E-state index contributed by atoms with van der Waals surface area (Å²) in [5.74, 6) is 0. The Hall–Kier alpha value is -0.310. The molecule has 0 unspecified atom stereocenters. The Balaban J connectivity index is 3.38. The highest BCUT2D eigenvalue weighted by molar-refractivity contribution is 8.02. The smallest absolute Gasteiger partial charge is 0.0833 e. The van der Waals surface area contributed by atoms with Crippen molar-refractivity contribution in [1.29, 1.82) is 0 Å². The van der Waals surface area contributed by atoms with Crippen molar-refractivity contribution in [2.45, 2.75) is 0 Å². The van der Waals surface area contributed by atoms with Gasteiger partial charge in [-0.05, 0) is 6.26 Å². The van der Waals surface area contributed by atoms with Gasteiger partial charge < -0.3 is 11.1 Å². The second kappa shape index (κ2) is 3.87. The van der Waals surface area contributed by atoms with E-state index in [1.807, 2.05) is 13.3 Å². The molecule has 0 saturated carbocycles. The molecule has 0 aliphatic rings. The first-order valence-corrected chi connectivity index (χ1v) is 3.21. The van der Waals surface area contributed by atoms with E-state index in [1.165, 1.54) is 0 Å². The Labute approximate surface area is 48.2 Å². The largest absolute Gasteiger partial charge is 0.403 e. The molecular weight excluding hydrogens is 108 g/mol. The summed E-state index contributed by atoms with van der Waals surface area (Å²) in [5, 5.41) is 3.90. The molecule has 0 rings (SSSR count). The lowest BCUT2D eigenvalue weighted by atomic mass is 10.9. The fourth-order valence-corrected chi connectivity index (χ4v) is 0.594. The number of hydrogen-bond acceptors (Lipinski definition) is 3. The highest BCUT2D eigenvalue weighted by Gasteiger charge is 1.81. The van der Waals surface area contributed by atoms with E-state index in [-0.39, 0.29) is 0 Å². The topological polar surface area (TPSA) is 38.0 Å². The fourth-order valence-electron chi connectivity index (χ4n) is 0.253. The van der Waals surface area contributed by atoms with Crippen LogP contribution in [0.4, 0.5) is 0 Å². The van der Waals surface area contributed by atoms with Gasteiger partial charge in [-0.25, -0.2) is 0 Å². The number of nitrogens with one attached hydrogen (secondary N) is 1. The van der Waals surface area contributed by atoms with E-state index in [9.17, 15) is 0 Å². The first-order valence-electron chi connectivity index (χ1n) is 1.98. The highest BCUT2D eigenvalue weighted by Crippen LogP contribution is 2.02. The molecule has 2 nitrogen and oxygen atoms in total. The van der Waals surface area contributed by atoms with Gasteiger partial charge in [0.2, 0.25) is 0 Å². The molecule has 42 valence electrons. The number of rotatable bonds is 2. The third-order valence-electron chi connectivity index (χ3n) is 0.618. The summed E-state index contributed by atoms with van der Waals surface area (Å²) in [7, 11) is 1.84. The molecule has 0 saturated heterocycles. The van der Waals surface area contributed by atoms with E-state index in [2.05, 4.69) is 5.32 Å². The molecule has 3 heteroatoms. The second-order valence-electron chi connectivity index (χ2n) is 0.985. The first-order chi connectivity index (χ1) is 3.35. The van der Waals surface area contributed by atoms with Crippen molar-refractivity contribution in [2.24, 2.45) is 5.73 Å². The molecule has 0 amide bonds. The van der Waals surface area contributed by atoms with Crippen LogP contribution in [-0.2, 0) is 0 Å². The summed E-state index contributed by atoms with van der Waals surface area (Å²) >= 11 is 1.59. The molecule has 0 spiro atoms. The Morgan fingerprint density at radius 2 is 2.43 bits per heavy atom. The highest BCUT2D eigenvalue weighted by atomic mass is 32.2. The van der Waals surface area contributed by atoms with Gasteiger partial charge in [-0.3, -0.25) is 0 Å². The molecule has 0 radical (unpaired) electrons. The van der Waals surface area contributed by atoms with Crippen molar-refractivity contribution >= 4 is 11.8 Å². The Morgan fingerprint density at radius 3 is 2.43 bits per heavy atom. The Morgan fingerprint density at radius 1 is 1.86 bits per heavy atom. The van der Waals surface area contributed by atoms with E-state index < -0.39 is 0 Å². The molecule has 0 fully saturated rings. The molecule has 0 bridgehead atoms. The summed E-state index contributed by atoms with van der Waals surface area (Å²) in [6.07, 6.45) is 3.51. The molecule has 0 atom stereocenters. The standard InChI is InChI=1S/C4H10N2S/c1-6-4(3-5)7-2/h3,6H,5H2,1-2H3/b4-3-. The van der Waals surface area contributed by atoms with Crippen LogP contribution < -0.4 is 11.1 Å². The minimum atomic E-state index is 1.00. The summed E-state index contributed by atoms with van der Waals surface area (Å²) in [6, 6.07) is 0. The van der Waals surface area contributed by atoms with Gasteiger partial charge in [-0.15, -0.1) is 11.8 Å². The summed E-state index contributed by atoms with van der Waals surface area (Å²) < 4.78 is 0. The van der Waals surface area contributed by atoms with Crippen LogP contribution in [0.25, 0.3) is 0 Å². The van der Waals surface area contributed by atoms with E-state index in [0.29, 0.717) is 0 Å². The van der Waals surface area contributed by atoms with Crippen molar-refractivity contribution in [2.75, 3.05) is 13.3 Å². The predicted molar refractivity (Wildman–Crippen MR) is 34.8 cm³/mol. The van der Waals surface area contributed by atoms with Crippen LogP contribution in [0.1, 0.15) is 0 Å². The molecular formula is C4H10N2S. The van der Waals surface area contributed by atoms with Crippen molar-refractivity contribution in [3.63, 3.8) is 0 Å². The molecule has 0 aromatic carbocycles. The summed E-state index contributed by atoms with van der Waals surface area (Å²) in [4.78, 5) is 0. The van der Waals surface area contributed by atoms with Crippen LogP contribution in [0.3, 0.4) is 0 Å². The number of hydrogen-bond donors (Lipinski definition) is 2. The van der Waals surface area contributed by atoms with Gasteiger partial charge in [0.25, 0.3) is 0 Å². The van der Waals surface area contributed by atoms with Gasteiger partial charge in [0.1, 0.15) is 0 Å². The first kappa shape index (κ1) is 6.69. The van der Waals surface area contributed by atoms with E-state index in [4.69, 9.17) is 5.73 Å². The minimum Gasteiger partial charge on any atom is -0.403 e. The summed E-state index contributed by atoms with van der Waals surface area (Å²) in [6.45, 7) is 0. The van der Waals surface area contributed by atoms with Gasteiger partial charge in [0.15, 0.2) is 0 Å². The van der Waals surface area contributed by atoms with E-state index in [0.717, 1.165) is 5.03 Å². The molecule has 0 heterocycles. The van der Waals surface area contributed by atoms with Crippen molar-refractivity contribution in [1.82, 2.24) is 5.32 Å². The van der Waals surface area contributed by atoms with Crippen LogP contribution >= 0.6 is 11.8 Å². The van der Waals surface area contributed by atoms with Gasteiger partial charge >= 0.3 is 0 Å². The molecule has 0 aliphatic carbocycles. The van der Waals surface area contributed by atoms with Crippen LogP contribution in [0.5, 0.6) is 0 Å². The third-order valence-corrected chi connectivity index (χ3v) is 1.40. The summed E-state index contributed by atoms with van der Waals surface area (Å²) in [5.41, 5.74) is 5.15. The zero-order chi connectivity index (χ0) is 5.70. The van der Waals surface area contributed by atoms with Crippen LogP contribution in [0.15, 0.2) is 11.2 Å². The molecule has 7 heavy (non-hydrogen) atoms. The maximum absolute atomic E-state index is 5.15. The Kier molecular flexibility index (Phi) is 3.69. The van der Waals surface area contributed by atoms with E-state index >= 15 is 0 Å². The van der Waals surface area contributed by atoms with E-state index in [1.54, 1.807) is 18.0 Å². The number of thioether (sulfide) groups is 1. The van der Waals surface area contributed by atoms with Crippen LogP contribution in [0.2, 0.25) is 0 Å². The zero-order valence-electron chi connectivity index (χ0n) is 4.56. The monoisotopic (exact) mass is 118 g/mol. The third kappa shape index (κ3) is 2.39. The van der Waals surface area contributed by atoms with Crippen molar-refractivity contribution in [3.05, 3.63) is 11.2 Å². The lowest BCUT2D eigenvalue weighted by molar-refractivity contribution is 1.07. The molecule has 3 N–H and O–H groups in total. The maximum Gasteiger partial charge on any atom is 0.0833 e. The number of nitrogens with two attached hydrogens (primary N) is 1. The molecule has 0 aliphatic heterocycles. The SMILES string of the molecule is CN/C(=C/N)SC. The van der Waals surface area contributed by atoms with Crippen molar-refractivity contribution in [3.8, 4) is 0 Å². The van der Waals surface area contributed by atoms with Crippen molar-refractivity contribution < 1.29 is 0 Å². The van der Waals surface area contributed by atoms with Crippen LogP contribution in [0, 0.1) is 0 Å². The minimum absolute atomic E-state index is 1.00. The second-order valence-corrected chi connectivity index (χ2v) is 1.83. The lowest BCUT2D eigenvalue weighted by Gasteiger charge is -1.96. The Bertz CT molecular complexity index is 64.1. The fraction of sp³-hybridized carbons (Fsp3) is 0.500. The maximum atomic E-state index is 5.15. The zero-order valence-corrected chi connectivity index (χ0v) is 5.38. The van der Waals surface area contributed by atoms with Gasteiger partial charge in [-0.1, -0.05) is 0 Å². The average molecular weight is 118 g/mol. The normalized spacial score (nSPS) is 11.4.